The zero-order valence-electron chi connectivity index (χ0n) is 26.1. The number of rotatable bonds is 26. The molecule has 9 nitrogen and oxygen atoms in total. The lowest BCUT2D eigenvalue weighted by Crippen LogP contribution is -2.26. The molecule has 0 aliphatic heterocycles. The van der Waals surface area contributed by atoms with E-state index in [2.05, 4.69) is 20.8 Å². The van der Waals surface area contributed by atoms with E-state index in [9.17, 15) is 46.0 Å². The van der Waals surface area contributed by atoms with Crippen molar-refractivity contribution in [2.24, 2.45) is 11.8 Å². The van der Waals surface area contributed by atoms with Crippen LogP contribution in [0, 0.1) is 11.8 Å². The van der Waals surface area contributed by atoms with Crippen LogP contribution in [0.25, 0.3) is 0 Å². The first-order chi connectivity index (χ1) is 19.3. The van der Waals surface area contributed by atoms with Crippen molar-refractivity contribution in [2.45, 2.75) is 179 Å². The summed E-state index contributed by atoms with van der Waals surface area (Å²) in [5.41, 5.74) is 0. The van der Waals surface area contributed by atoms with Crippen LogP contribution >= 0.6 is 0 Å². The van der Waals surface area contributed by atoms with Crippen molar-refractivity contribution in [1.29, 1.82) is 0 Å². The van der Waals surface area contributed by atoms with E-state index in [1.807, 2.05) is 6.92 Å². The second-order valence-electron chi connectivity index (χ2n) is 12.5. The van der Waals surface area contributed by atoms with Crippen molar-refractivity contribution < 1.29 is 46.0 Å². The fourth-order valence-electron chi connectivity index (χ4n) is 5.14. The molecule has 0 aromatic heterocycles. The Bertz CT molecular complexity index is 634. The highest BCUT2D eigenvalue weighted by atomic mass is 16.3. The van der Waals surface area contributed by atoms with Crippen molar-refractivity contribution in [3.8, 4) is 0 Å². The molecule has 0 aromatic rings. The van der Waals surface area contributed by atoms with Gasteiger partial charge in [-0.25, -0.2) is 0 Å². The largest absolute Gasteiger partial charge is 0.393 e. The molecule has 0 aromatic carbocycles. The molecular formula is C32H64O9. The summed E-state index contributed by atoms with van der Waals surface area (Å²) >= 11 is 0. The van der Waals surface area contributed by atoms with Crippen LogP contribution in [-0.2, 0) is 0 Å². The SMILES string of the molecule is CCCCC(O)CC(O)CCC(O)CC(O)CC(O)CC(O)C/C=C/C(O)CC(O)CC(O)CCC(C)C(C)CC. The normalized spacial score (nSPS) is 20.6. The van der Waals surface area contributed by atoms with Crippen molar-refractivity contribution in [3.63, 3.8) is 0 Å². The molecule has 0 rings (SSSR count). The molecule has 0 aliphatic carbocycles. The smallest absolute Gasteiger partial charge is 0.0745 e. The molecular weight excluding hydrogens is 528 g/mol. The predicted molar refractivity (Wildman–Crippen MR) is 162 cm³/mol. The molecule has 11 atom stereocenters. The average Bonchev–Trinajstić information content (AvgIpc) is 2.88. The van der Waals surface area contributed by atoms with Gasteiger partial charge in [0.15, 0.2) is 0 Å². The quantitative estimate of drug-likeness (QED) is 0.0682. The highest BCUT2D eigenvalue weighted by Crippen LogP contribution is 2.22. The maximum atomic E-state index is 10.2. The summed E-state index contributed by atoms with van der Waals surface area (Å²) in [5, 5.41) is 91.3. The van der Waals surface area contributed by atoms with Gasteiger partial charge in [-0.2, -0.15) is 0 Å². The Labute approximate surface area is 249 Å². The number of aliphatic hydroxyl groups is 9. The van der Waals surface area contributed by atoms with Crippen molar-refractivity contribution >= 4 is 0 Å². The molecule has 0 amide bonds. The van der Waals surface area contributed by atoms with E-state index < -0.39 is 54.9 Å². The third-order valence-electron chi connectivity index (χ3n) is 8.30. The molecule has 9 heteroatoms. The number of hydrogen-bond acceptors (Lipinski definition) is 9. The van der Waals surface area contributed by atoms with E-state index in [1.165, 1.54) is 6.08 Å². The van der Waals surface area contributed by atoms with E-state index in [-0.39, 0.29) is 51.4 Å². The van der Waals surface area contributed by atoms with Gasteiger partial charge in [0.05, 0.1) is 54.9 Å². The van der Waals surface area contributed by atoms with Crippen LogP contribution in [-0.4, -0.2) is 101 Å². The Hall–Kier alpha value is -0.620. The Balaban J connectivity index is 4.18. The summed E-state index contributed by atoms with van der Waals surface area (Å²) in [7, 11) is 0. The van der Waals surface area contributed by atoms with Crippen LogP contribution < -0.4 is 0 Å². The maximum absolute atomic E-state index is 10.2. The Kier molecular flexibility index (Phi) is 23.4. The van der Waals surface area contributed by atoms with Crippen LogP contribution in [0.1, 0.15) is 124 Å². The Morgan fingerprint density at radius 2 is 0.878 bits per heavy atom. The topological polar surface area (TPSA) is 182 Å². The van der Waals surface area contributed by atoms with Gasteiger partial charge in [-0.05, 0) is 82.5 Å². The minimum atomic E-state index is -0.976. The lowest BCUT2D eigenvalue weighted by Gasteiger charge is -2.22. The summed E-state index contributed by atoms with van der Waals surface area (Å²) in [6.45, 7) is 8.55. The molecule has 11 unspecified atom stereocenters. The third-order valence-corrected chi connectivity index (χ3v) is 8.30. The van der Waals surface area contributed by atoms with Gasteiger partial charge in [0.2, 0.25) is 0 Å². The molecule has 0 fully saturated rings. The van der Waals surface area contributed by atoms with Crippen LogP contribution in [0.15, 0.2) is 12.2 Å². The third kappa shape index (κ3) is 22.6. The molecule has 0 saturated carbocycles. The van der Waals surface area contributed by atoms with Gasteiger partial charge in [0.1, 0.15) is 0 Å². The molecule has 9 N–H and O–H groups in total. The molecule has 0 radical (unpaired) electrons. The fraction of sp³-hybridized carbons (Fsp3) is 0.938. The second-order valence-corrected chi connectivity index (χ2v) is 12.5. The van der Waals surface area contributed by atoms with Gasteiger partial charge >= 0.3 is 0 Å². The van der Waals surface area contributed by atoms with E-state index in [0.717, 1.165) is 25.7 Å². The van der Waals surface area contributed by atoms with Gasteiger partial charge in [-0.3, -0.25) is 0 Å². The predicted octanol–water partition coefficient (Wildman–Crippen LogP) is 2.95. The lowest BCUT2D eigenvalue weighted by atomic mass is 9.88. The molecule has 0 saturated heterocycles. The highest BCUT2D eigenvalue weighted by Gasteiger charge is 2.21. The Morgan fingerprint density at radius 3 is 1.39 bits per heavy atom. The first-order valence-corrected chi connectivity index (χ1v) is 16.1. The standard InChI is InChI=1S/C32H64O9/c1-5-7-9-24(33)16-28(37)14-15-29(38)20-32(41)21-31(40)18-26(35)11-8-10-25(34)17-30(39)19-27(36)13-12-23(4)22(3)6-2/h8,10,22-41H,5-7,9,11-21H2,1-4H3/b10-8+. The zero-order valence-corrected chi connectivity index (χ0v) is 26.1. The monoisotopic (exact) mass is 592 g/mol. The van der Waals surface area contributed by atoms with E-state index in [0.29, 0.717) is 31.1 Å². The van der Waals surface area contributed by atoms with Gasteiger partial charge in [0.25, 0.3) is 0 Å². The lowest BCUT2D eigenvalue weighted by molar-refractivity contribution is 0.0117. The first-order valence-electron chi connectivity index (χ1n) is 16.1. The number of hydrogen-bond donors (Lipinski definition) is 9. The van der Waals surface area contributed by atoms with Gasteiger partial charge in [0, 0.05) is 6.42 Å². The minimum absolute atomic E-state index is 0.0105. The van der Waals surface area contributed by atoms with E-state index in [4.69, 9.17) is 0 Å². The first kappa shape index (κ1) is 40.4. The molecule has 0 heterocycles. The van der Waals surface area contributed by atoms with Gasteiger partial charge in [-0.15, -0.1) is 0 Å². The van der Waals surface area contributed by atoms with Gasteiger partial charge in [-0.1, -0.05) is 59.1 Å². The van der Waals surface area contributed by atoms with Gasteiger partial charge < -0.3 is 46.0 Å². The zero-order chi connectivity index (χ0) is 31.4. The molecule has 41 heavy (non-hydrogen) atoms. The summed E-state index contributed by atoms with van der Waals surface area (Å²) in [5.74, 6) is 1.09. The maximum Gasteiger partial charge on any atom is 0.0745 e. The van der Waals surface area contributed by atoms with Crippen molar-refractivity contribution in [1.82, 2.24) is 0 Å². The summed E-state index contributed by atoms with van der Waals surface area (Å²) in [4.78, 5) is 0. The fourth-order valence-corrected chi connectivity index (χ4v) is 5.14. The molecule has 0 spiro atoms. The molecule has 246 valence electrons. The number of unbranched alkanes of at least 4 members (excludes halogenated alkanes) is 1. The van der Waals surface area contributed by atoms with Crippen LogP contribution in [0.3, 0.4) is 0 Å². The second kappa shape index (κ2) is 23.8. The summed E-state index contributed by atoms with van der Waals surface area (Å²) in [6.07, 6.45) is 2.21. The minimum Gasteiger partial charge on any atom is -0.393 e. The van der Waals surface area contributed by atoms with E-state index >= 15 is 0 Å². The van der Waals surface area contributed by atoms with Crippen LogP contribution in [0.5, 0.6) is 0 Å². The summed E-state index contributed by atoms with van der Waals surface area (Å²) < 4.78 is 0. The Morgan fingerprint density at radius 1 is 0.463 bits per heavy atom. The highest BCUT2D eigenvalue weighted by molar-refractivity contribution is 4.91. The van der Waals surface area contributed by atoms with Crippen molar-refractivity contribution in [3.05, 3.63) is 12.2 Å². The molecule has 0 bridgehead atoms. The van der Waals surface area contributed by atoms with Crippen LogP contribution in [0.4, 0.5) is 0 Å². The molecule has 0 aliphatic rings. The van der Waals surface area contributed by atoms with Crippen molar-refractivity contribution in [2.75, 3.05) is 0 Å². The average molecular weight is 593 g/mol. The summed E-state index contributed by atoms with van der Waals surface area (Å²) in [6, 6.07) is 0. The van der Waals surface area contributed by atoms with E-state index in [1.54, 1.807) is 6.08 Å². The van der Waals surface area contributed by atoms with Crippen LogP contribution in [0.2, 0.25) is 0 Å². The number of aliphatic hydroxyl groups excluding tert-OH is 9.